The molecule has 1 N–H and O–H groups in total. The quantitative estimate of drug-likeness (QED) is 0.371. The van der Waals surface area contributed by atoms with Crippen molar-refractivity contribution < 1.29 is 28.5 Å². The number of benzene rings is 3. The van der Waals surface area contributed by atoms with Crippen LogP contribution in [0.5, 0.6) is 23.0 Å². The molecule has 0 saturated heterocycles. The molecule has 0 fully saturated rings. The smallest absolute Gasteiger partial charge is 0.262 e. The van der Waals surface area contributed by atoms with Gasteiger partial charge in [-0.2, -0.15) is 0 Å². The first kappa shape index (κ1) is 24.4. The van der Waals surface area contributed by atoms with Crippen molar-refractivity contribution in [3.8, 4) is 23.0 Å². The van der Waals surface area contributed by atoms with Crippen LogP contribution in [0.25, 0.3) is 0 Å². The molecule has 0 spiro atoms. The molecule has 3 aromatic carbocycles. The molecule has 0 atom stereocenters. The molecule has 0 radical (unpaired) electrons. The second-order valence-corrected chi connectivity index (χ2v) is 8.08. The normalized spacial score (nSPS) is 10.3. The Morgan fingerprint density at radius 1 is 0.909 bits per heavy atom. The molecule has 0 aliphatic carbocycles. The third kappa shape index (κ3) is 5.97. The van der Waals surface area contributed by atoms with E-state index in [1.807, 2.05) is 0 Å². The number of hydrogen-bond acceptors (Lipinski definition) is 6. The maximum atomic E-state index is 13.4. The Kier molecular flexibility index (Phi) is 8.19. The van der Waals surface area contributed by atoms with Crippen LogP contribution >= 0.6 is 27.5 Å². The lowest BCUT2D eigenvalue weighted by Gasteiger charge is -2.15. The molecule has 172 valence electrons. The van der Waals surface area contributed by atoms with Crippen LogP contribution in [0.15, 0.2) is 59.1 Å². The lowest BCUT2D eigenvalue weighted by molar-refractivity contribution is -0.118. The second-order valence-electron chi connectivity index (χ2n) is 6.72. The molecule has 9 heteroatoms. The number of ketones is 1. The molecule has 7 nitrogen and oxygen atoms in total. The molecule has 0 aromatic heterocycles. The van der Waals surface area contributed by atoms with Crippen LogP contribution < -0.4 is 24.3 Å². The Balaban J connectivity index is 1.85. The van der Waals surface area contributed by atoms with Crippen LogP contribution in [-0.2, 0) is 4.79 Å². The summed E-state index contributed by atoms with van der Waals surface area (Å²) in [4.78, 5) is 25.9. The van der Waals surface area contributed by atoms with Crippen molar-refractivity contribution in [2.75, 3.05) is 33.3 Å². The predicted octanol–water partition coefficient (Wildman–Crippen LogP) is 5.38. The number of carbonyl (C=O) groups is 2. The second kappa shape index (κ2) is 11.1. The van der Waals surface area contributed by atoms with Gasteiger partial charge in [-0.05, 0) is 54.6 Å². The van der Waals surface area contributed by atoms with E-state index < -0.39 is 5.91 Å². The number of amides is 1. The number of ether oxygens (including phenoxy) is 4. The molecule has 1 amide bonds. The molecular formula is C24H21BrClNO6. The van der Waals surface area contributed by atoms with Gasteiger partial charge in [-0.3, -0.25) is 9.59 Å². The molecule has 0 aliphatic heterocycles. The number of rotatable bonds is 9. The molecule has 0 saturated carbocycles. The monoisotopic (exact) mass is 533 g/mol. The lowest BCUT2D eigenvalue weighted by Crippen LogP contribution is -2.21. The topological polar surface area (TPSA) is 83.1 Å². The van der Waals surface area contributed by atoms with E-state index >= 15 is 0 Å². The highest BCUT2D eigenvalue weighted by atomic mass is 79.9. The first-order chi connectivity index (χ1) is 15.9. The number of nitrogens with one attached hydrogen (secondary N) is 1. The van der Waals surface area contributed by atoms with Gasteiger partial charge in [0.15, 0.2) is 23.9 Å². The van der Waals surface area contributed by atoms with Crippen molar-refractivity contribution in [3.63, 3.8) is 0 Å². The van der Waals surface area contributed by atoms with Crippen LogP contribution in [-0.4, -0.2) is 39.6 Å². The Labute approximate surface area is 204 Å². The largest absolute Gasteiger partial charge is 0.493 e. The Hall–Kier alpha value is -3.23. The van der Waals surface area contributed by atoms with Gasteiger partial charge in [-0.1, -0.05) is 27.5 Å². The highest BCUT2D eigenvalue weighted by Gasteiger charge is 2.21. The van der Waals surface area contributed by atoms with Crippen molar-refractivity contribution in [1.82, 2.24) is 0 Å². The van der Waals surface area contributed by atoms with Crippen molar-refractivity contribution in [1.29, 1.82) is 0 Å². The zero-order valence-corrected chi connectivity index (χ0v) is 20.5. The van der Waals surface area contributed by atoms with Gasteiger partial charge in [0.1, 0.15) is 5.75 Å². The summed E-state index contributed by atoms with van der Waals surface area (Å²) in [7, 11) is 4.42. The summed E-state index contributed by atoms with van der Waals surface area (Å²) in [5.41, 5.74) is 0.913. The maximum Gasteiger partial charge on any atom is 0.262 e. The Morgan fingerprint density at radius 2 is 1.55 bits per heavy atom. The number of hydrogen-bond donors (Lipinski definition) is 1. The van der Waals surface area contributed by atoms with E-state index in [9.17, 15) is 9.59 Å². The average Bonchev–Trinajstić information content (AvgIpc) is 2.83. The maximum absolute atomic E-state index is 13.4. The van der Waals surface area contributed by atoms with Crippen LogP contribution in [0.4, 0.5) is 5.69 Å². The predicted molar refractivity (Wildman–Crippen MR) is 129 cm³/mol. The standard InChI is InChI=1S/C24H21BrClNO6/c1-30-20-10-14(11-21(31-2)24(20)32-3)23(29)18-12-15(25)4-9-19(18)27-22(28)13-33-17-7-5-16(26)6-8-17/h4-12H,13H2,1-3H3,(H,27,28). The molecule has 3 aromatic rings. The average molecular weight is 535 g/mol. The van der Waals surface area contributed by atoms with E-state index in [0.717, 1.165) is 0 Å². The Morgan fingerprint density at radius 3 is 2.12 bits per heavy atom. The van der Waals surface area contributed by atoms with Gasteiger partial charge in [-0.25, -0.2) is 0 Å². The van der Waals surface area contributed by atoms with Gasteiger partial charge in [0.2, 0.25) is 5.75 Å². The minimum absolute atomic E-state index is 0.241. The van der Waals surface area contributed by atoms with E-state index in [4.69, 9.17) is 30.5 Å². The highest BCUT2D eigenvalue weighted by molar-refractivity contribution is 9.10. The van der Waals surface area contributed by atoms with E-state index in [1.165, 1.54) is 21.3 Å². The van der Waals surface area contributed by atoms with Crippen LogP contribution in [0.3, 0.4) is 0 Å². The zero-order chi connectivity index (χ0) is 24.0. The Bertz CT molecular complexity index is 1140. The van der Waals surface area contributed by atoms with Crippen LogP contribution in [0, 0.1) is 0 Å². The van der Waals surface area contributed by atoms with Crippen LogP contribution in [0.2, 0.25) is 5.02 Å². The molecule has 0 aliphatic rings. The summed E-state index contributed by atoms with van der Waals surface area (Å²) < 4.78 is 22.2. The summed E-state index contributed by atoms with van der Waals surface area (Å²) in [5, 5.41) is 3.30. The minimum atomic E-state index is -0.425. The summed E-state index contributed by atoms with van der Waals surface area (Å²) in [6.45, 7) is -0.241. The van der Waals surface area contributed by atoms with Gasteiger partial charge in [0.05, 0.1) is 27.0 Å². The minimum Gasteiger partial charge on any atom is -0.493 e. The third-order valence-corrected chi connectivity index (χ3v) is 5.36. The molecular weight excluding hydrogens is 514 g/mol. The number of methoxy groups -OCH3 is 3. The van der Waals surface area contributed by atoms with E-state index in [1.54, 1.807) is 54.6 Å². The number of carbonyl (C=O) groups excluding carboxylic acids is 2. The van der Waals surface area contributed by atoms with Gasteiger partial charge in [0.25, 0.3) is 5.91 Å². The van der Waals surface area contributed by atoms with Crippen molar-refractivity contribution in [2.45, 2.75) is 0 Å². The number of halogens is 2. The zero-order valence-electron chi connectivity index (χ0n) is 18.1. The summed E-state index contributed by atoms with van der Waals surface area (Å²) in [6, 6.07) is 14.7. The molecule has 33 heavy (non-hydrogen) atoms. The molecule has 0 bridgehead atoms. The highest BCUT2D eigenvalue weighted by Crippen LogP contribution is 2.39. The van der Waals surface area contributed by atoms with Gasteiger partial charge in [-0.15, -0.1) is 0 Å². The molecule has 0 heterocycles. The van der Waals surface area contributed by atoms with Gasteiger partial charge >= 0.3 is 0 Å². The first-order valence-corrected chi connectivity index (χ1v) is 10.9. The number of anilines is 1. The first-order valence-electron chi connectivity index (χ1n) is 9.68. The fourth-order valence-corrected chi connectivity index (χ4v) is 3.53. The SMILES string of the molecule is COc1cc(C(=O)c2cc(Br)ccc2NC(=O)COc2ccc(Cl)cc2)cc(OC)c1OC. The van der Waals surface area contributed by atoms with E-state index in [-0.39, 0.29) is 18.0 Å². The van der Waals surface area contributed by atoms with Gasteiger partial charge < -0.3 is 24.3 Å². The summed E-state index contributed by atoms with van der Waals surface area (Å²) >= 11 is 9.23. The van der Waals surface area contributed by atoms with E-state index in [2.05, 4.69) is 21.2 Å². The van der Waals surface area contributed by atoms with E-state index in [0.29, 0.717) is 43.7 Å². The summed E-state index contributed by atoms with van der Waals surface area (Å²) in [6.07, 6.45) is 0. The third-order valence-electron chi connectivity index (χ3n) is 4.61. The van der Waals surface area contributed by atoms with Gasteiger partial charge in [0, 0.05) is 20.6 Å². The summed E-state index contributed by atoms with van der Waals surface area (Å²) in [5.74, 6) is 0.794. The fraction of sp³-hybridized carbons (Fsp3) is 0.167. The van der Waals surface area contributed by atoms with Crippen molar-refractivity contribution >= 4 is 44.9 Å². The van der Waals surface area contributed by atoms with Crippen molar-refractivity contribution in [2.24, 2.45) is 0 Å². The fourth-order valence-electron chi connectivity index (χ4n) is 3.05. The van der Waals surface area contributed by atoms with Crippen molar-refractivity contribution in [3.05, 3.63) is 75.2 Å². The molecule has 0 unspecified atom stereocenters. The molecule has 3 rings (SSSR count). The van der Waals surface area contributed by atoms with Crippen LogP contribution in [0.1, 0.15) is 15.9 Å². The lowest BCUT2D eigenvalue weighted by atomic mass is 10.0.